The molecule has 2 heterocycles. The van der Waals surface area contributed by atoms with E-state index in [9.17, 15) is 0 Å². The van der Waals surface area contributed by atoms with Crippen molar-refractivity contribution in [1.29, 1.82) is 0 Å². The van der Waals surface area contributed by atoms with Crippen LogP contribution in [0.2, 0.25) is 0 Å². The van der Waals surface area contributed by atoms with Gasteiger partial charge >= 0.3 is 0 Å². The lowest BCUT2D eigenvalue weighted by Crippen LogP contribution is -2.62. The minimum absolute atomic E-state index is 0.0280. The molecule has 66 heavy (non-hydrogen) atoms. The lowest BCUT2D eigenvalue weighted by molar-refractivity contribution is 0.332. The molecule has 0 aromatic heterocycles. The van der Waals surface area contributed by atoms with E-state index in [-0.39, 0.29) is 33.8 Å². The first-order valence-corrected chi connectivity index (χ1v) is 24.6. The smallest absolute Gasteiger partial charge is 0.252 e. The van der Waals surface area contributed by atoms with Gasteiger partial charge < -0.3 is 9.80 Å². The fourth-order valence-corrected chi connectivity index (χ4v) is 12.8. The highest BCUT2D eigenvalue weighted by Gasteiger charge is 2.48. The van der Waals surface area contributed by atoms with Crippen LogP contribution in [0.5, 0.6) is 0 Å². The first kappa shape index (κ1) is 42.8. The summed E-state index contributed by atoms with van der Waals surface area (Å²) in [6, 6.07) is 52.0. The number of rotatable bonds is 4. The third-order valence-electron chi connectivity index (χ3n) is 16.5. The van der Waals surface area contributed by atoms with Gasteiger partial charge in [0.15, 0.2) is 0 Å². The van der Waals surface area contributed by atoms with Gasteiger partial charge in [-0.15, -0.1) is 0 Å². The molecule has 0 unspecified atom stereocenters. The zero-order valence-electron chi connectivity index (χ0n) is 41.8. The van der Waals surface area contributed by atoms with Gasteiger partial charge in [-0.05, 0) is 174 Å². The second-order valence-electron chi connectivity index (χ2n) is 24.1. The summed E-state index contributed by atoms with van der Waals surface area (Å²) in [7, 11) is 0. The fourth-order valence-electron chi connectivity index (χ4n) is 12.8. The molecular weight excluding hydrogens is 796 g/mol. The molecular formula is C63H67BN2. The summed E-state index contributed by atoms with van der Waals surface area (Å²) in [5, 5.41) is 0. The Labute approximate surface area is 396 Å². The lowest BCUT2D eigenvalue weighted by atomic mass is 9.33. The van der Waals surface area contributed by atoms with Crippen molar-refractivity contribution in [2.45, 2.75) is 136 Å². The Bertz CT molecular complexity index is 3120. The van der Waals surface area contributed by atoms with Crippen LogP contribution >= 0.6 is 0 Å². The Kier molecular flexibility index (Phi) is 9.31. The molecule has 2 aliphatic carbocycles. The van der Waals surface area contributed by atoms with E-state index in [2.05, 4.69) is 233 Å². The number of aryl methyl sites for hydroxylation is 2. The molecule has 0 spiro atoms. The predicted octanol–water partition coefficient (Wildman–Crippen LogP) is 15.3. The third kappa shape index (κ3) is 6.50. The number of anilines is 6. The Hall–Kier alpha value is -5.80. The maximum atomic E-state index is 2.74. The van der Waals surface area contributed by atoms with E-state index >= 15 is 0 Å². The maximum Gasteiger partial charge on any atom is 0.252 e. The molecule has 0 saturated heterocycles. The standard InChI is InChI=1S/C63H67BN2/c1-39-24-25-43(41-20-16-14-17-21-41)31-52(39)65-54-32-44(42-22-18-15-19-23-42)26-27-50(54)64-51-35-47-48(61(8,9)29-28-60(47,6)7)37-55(51)66(57-34-45(59(3,4)5)33-56(65)58(57)64)53-36-49-46(30-40(53)2)62(10,11)38-63(49,12)13/h14-27,30-37H,28-29,38H2,1-13H3. The van der Waals surface area contributed by atoms with Crippen LogP contribution in [0.4, 0.5) is 34.1 Å². The van der Waals surface area contributed by atoms with Gasteiger partial charge in [0.2, 0.25) is 0 Å². The summed E-state index contributed by atoms with van der Waals surface area (Å²) in [5.74, 6) is 0. The summed E-state index contributed by atoms with van der Waals surface area (Å²) in [4.78, 5) is 5.40. The first-order valence-electron chi connectivity index (χ1n) is 24.6. The molecule has 2 nitrogen and oxygen atoms in total. The van der Waals surface area contributed by atoms with Gasteiger partial charge in [0, 0.05) is 34.1 Å². The van der Waals surface area contributed by atoms with Crippen LogP contribution in [0.15, 0.2) is 133 Å². The summed E-state index contributed by atoms with van der Waals surface area (Å²) >= 11 is 0. The molecule has 0 saturated carbocycles. The van der Waals surface area contributed by atoms with E-state index in [1.807, 2.05) is 0 Å². The van der Waals surface area contributed by atoms with E-state index in [1.165, 1.54) is 125 Å². The zero-order chi connectivity index (χ0) is 46.5. The Balaban J connectivity index is 1.29. The highest BCUT2D eigenvalue weighted by Crippen LogP contribution is 2.55. The van der Waals surface area contributed by atoms with Crippen molar-refractivity contribution in [2.24, 2.45) is 0 Å². The average Bonchev–Trinajstić information content (AvgIpc) is 3.46. The Morgan fingerprint density at radius 2 is 0.864 bits per heavy atom. The van der Waals surface area contributed by atoms with Crippen LogP contribution < -0.4 is 26.2 Å². The molecule has 7 aromatic carbocycles. The Morgan fingerprint density at radius 3 is 1.42 bits per heavy atom. The van der Waals surface area contributed by atoms with Crippen molar-refractivity contribution in [1.82, 2.24) is 0 Å². The fraction of sp³-hybridized carbons (Fsp3) is 0.333. The third-order valence-corrected chi connectivity index (χ3v) is 16.5. The molecule has 0 radical (unpaired) electrons. The van der Waals surface area contributed by atoms with Gasteiger partial charge in [-0.1, -0.05) is 173 Å². The molecule has 332 valence electrons. The summed E-state index contributed by atoms with van der Waals surface area (Å²) in [5.41, 5.74) is 26.9. The number of fused-ring (bicyclic) bond motifs is 6. The van der Waals surface area contributed by atoms with E-state index in [0.29, 0.717) is 0 Å². The molecule has 11 rings (SSSR count). The molecule has 0 N–H and O–H groups in total. The van der Waals surface area contributed by atoms with Crippen molar-refractivity contribution in [3.63, 3.8) is 0 Å². The quantitative estimate of drug-likeness (QED) is 0.163. The second-order valence-corrected chi connectivity index (χ2v) is 24.1. The molecule has 2 aliphatic heterocycles. The van der Waals surface area contributed by atoms with Gasteiger partial charge in [-0.3, -0.25) is 0 Å². The average molecular weight is 863 g/mol. The number of benzene rings is 7. The van der Waals surface area contributed by atoms with Crippen LogP contribution in [0, 0.1) is 13.8 Å². The predicted molar refractivity (Wildman–Crippen MR) is 285 cm³/mol. The van der Waals surface area contributed by atoms with Crippen LogP contribution in [0.3, 0.4) is 0 Å². The molecule has 3 heteroatoms. The van der Waals surface area contributed by atoms with Crippen LogP contribution in [0.1, 0.15) is 134 Å². The molecule has 0 amide bonds. The van der Waals surface area contributed by atoms with Crippen molar-refractivity contribution < 1.29 is 0 Å². The van der Waals surface area contributed by atoms with Gasteiger partial charge in [-0.25, -0.2) is 0 Å². The van der Waals surface area contributed by atoms with Gasteiger partial charge in [0.05, 0.1) is 0 Å². The highest BCUT2D eigenvalue weighted by molar-refractivity contribution is 7.00. The largest absolute Gasteiger partial charge is 0.311 e. The topological polar surface area (TPSA) is 6.48 Å². The van der Waals surface area contributed by atoms with Gasteiger partial charge in [0.25, 0.3) is 6.71 Å². The second kappa shape index (κ2) is 14.4. The van der Waals surface area contributed by atoms with E-state index in [1.54, 1.807) is 0 Å². The van der Waals surface area contributed by atoms with E-state index in [0.717, 1.165) is 6.42 Å². The molecule has 0 bridgehead atoms. The maximum absolute atomic E-state index is 2.74. The Morgan fingerprint density at radius 1 is 0.409 bits per heavy atom. The summed E-state index contributed by atoms with van der Waals surface area (Å²) in [6.07, 6.45) is 3.49. The van der Waals surface area contributed by atoms with Crippen molar-refractivity contribution >= 4 is 57.2 Å². The van der Waals surface area contributed by atoms with E-state index < -0.39 is 0 Å². The van der Waals surface area contributed by atoms with Crippen molar-refractivity contribution in [3.8, 4) is 22.3 Å². The SMILES string of the molecule is Cc1ccc(-c2ccccc2)cc1N1c2cc(-c3ccccc3)ccc2B2c3cc4c(cc3N(c3cc5c(cc3C)C(C)(C)CC5(C)C)c3cc(C(C)(C)C)cc1c32)C(C)(C)CCC4(C)C. The molecule has 7 aromatic rings. The summed E-state index contributed by atoms with van der Waals surface area (Å²) in [6.45, 7) is 31.7. The van der Waals surface area contributed by atoms with Crippen LogP contribution in [-0.4, -0.2) is 6.71 Å². The summed E-state index contributed by atoms with van der Waals surface area (Å²) < 4.78 is 0. The van der Waals surface area contributed by atoms with Crippen molar-refractivity contribution in [3.05, 3.63) is 172 Å². The van der Waals surface area contributed by atoms with Gasteiger partial charge in [0.1, 0.15) is 0 Å². The zero-order valence-corrected chi connectivity index (χ0v) is 41.8. The minimum Gasteiger partial charge on any atom is -0.311 e. The first-order chi connectivity index (χ1) is 31.1. The number of hydrogen-bond donors (Lipinski definition) is 0. The normalized spacial score (nSPS) is 18.0. The van der Waals surface area contributed by atoms with Crippen molar-refractivity contribution in [2.75, 3.05) is 9.80 Å². The van der Waals surface area contributed by atoms with Crippen LogP contribution in [-0.2, 0) is 27.1 Å². The molecule has 4 aliphatic rings. The van der Waals surface area contributed by atoms with E-state index in [4.69, 9.17) is 0 Å². The van der Waals surface area contributed by atoms with Crippen LogP contribution in [0.25, 0.3) is 22.3 Å². The molecule has 0 fully saturated rings. The number of nitrogens with zero attached hydrogens (tertiary/aromatic N) is 2. The molecule has 0 atom stereocenters. The van der Waals surface area contributed by atoms with Gasteiger partial charge in [-0.2, -0.15) is 0 Å². The number of hydrogen-bond acceptors (Lipinski definition) is 2. The monoisotopic (exact) mass is 863 g/mol. The minimum atomic E-state index is -0.118. The lowest BCUT2D eigenvalue weighted by Gasteiger charge is -2.48. The highest BCUT2D eigenvalue weighted by atomic mass is 15.2.